The van der Waals surface area contributed by atoms with Gasteiger partial charge in [0, 0.05) is 11.3 Å². The maximum Gasteiger partial charge on any atom is 0.322 e. The van der Waals surface area contributed by atoms with E-state index in [1.807, 2.05) is 30.3 Å². The molecule has 8 heteroatoms. The molecule has 6 nitrogen and oxygen atoms in total. The van der Waals surface area contributed by atoms with Crippen molar-refractivity contribution in [2.45, 2.75) is 19.5 Å². The second-order valence-corrected chi connectivity index (χ2v) is 7.94. The second kappa shape index (κ2) is 8.90. The van der Waals surface area contributed by atoms with Crippen LogP contribution in [-0.2, 0) is 6.54 Å². The lowest BCUT2D eigenvalue weighted by molar-refractivity contribution is 0.203. The van der Waals surface area contributed by atoms with E-state index in [4.69, 9.17) is 4.52 Å². The Kier molecular flexibility index (Phi) is 5.63. The maximum atomic E-state index is 14.0. The van der Waals surface area contributed by atoms with Crippen LogP contribution >= 0.6 is 0 Å². The van der Waals surface area contributed by atoms with Gasteiger partial charge in [-0.2, -0.15) is 4.98 Å². The highest BCUT2D eigenvalue weighted by molar-refractivity contribution is 5.86. The molecule has 0 aliphatic carbocycles. The molecule has 0 saturated heterocycles. The van der Waals surface area contributed by atoms with Crippen LogP contribution in [0.1, 0.15) is 30.0 Å². The van der Waals surface area contributed by atoms with Crippen molar-refractivity contribution in [2.75, 3.05) is 0 Å². The van der Waals surface area contributed by atoms with Crippen LogP contribution < -0.4 is 5.32 Å². The standard InChI is InChI=1S/C26H20F2N4O2/c1-16-22(25-30-24(31-34-25)18-10-12-20(27)13-11-18)23(19-8-5-9-21(28)14-19)29-26(33)32(16)15-17-6-3-2-4-7-17/h2-14,23H,15H2,1H3,(H,29,33). The summed E-state index contributed by atoms with van der Waals surface area (Å²) in [6, 6.07) is 20.3. The molecule has 5 rings (SSSR count). The molecule has 2 amide bonds. The Hall–Kier alpha value is -4.33. The van der Waals surface area contributed by atoms with Crippen LogP contribution in [0.25, 0.3) is 17.0 Å². The van der Waals surface area contributed by atoms with Gasteiger partial charge in [0.2, 0.25) is 5.82 Å². The molecule has 4 aromatic rings. The van der Waals surface area contributed by atoms with E-state index in [1.165, 1.54) is 24.3 Å². The van der Waals surface area contributed by atoms with Crippen molar-refractivity contribution >= 4 is 11.6 Å². The van der Waals surface area contributed by atoms with E-state index < -0.39 is 11.9 Å². The molecule has 170 valence electrons. The lowest BCUT2D eigenvalue weighted by Crippen LogP contribution is -2.45. The Morgan fingerprint density at radius 2 is 1.74 bits per heavy atom. The number of carbonyl (C=O) groups excluding carboxylic acids is 1. The highest BCUT2D eigenvalue weighted by atomic mass is 19.1. The third-order valence-corrected chi connectivity index (χ3v) is 5.72. The number of amides is 2. The molecule has 3 aromatic carbocycles. The predicted molar refractivity (Wildman–Crippen MR) is 122 cm³/mol. The molecule has 1 atom stereocenters. The average Bonchev–Trinajstić information content (AvgIpc) is 3.32. The van der Waals surface area contributed by atoms with Crippen molar-refractivity contribution in [3.8, 4) is 11.4 Å². The molecule has 1 unspecified atom stereocenters. The molecule has 0 fully saturated rings. The number of nitrogens with zero attached hydrogens (tertiary/aromatic N) is 3. The maximum absolute atomic E-state index is 14.0. The van der Waals surface area contributed by atoms with E-state index in [9.17, 15) is 13.6 Å². The summed E-state index contributed by atoms with van der Waals surface area (Å²) in [7, 11) is 0. The third kappa shape index (κ3) is 4.17. The molecule has 34 heavy (non-hydrogen) atoms. The Balaban J connectivity index is 1.60. The Labute approximate surface area is 194 Å². The van der Waals surface area contributed by atoms with Gasteiger partial charge in [-0.25, -0.2) is 13.6 Å². The molecular weight excluding hydrogens is 438 g/mol. The Morgan fingerprint density at radius 1 is 0.971 bits per heavy atom. The zero-order valence-corrected chi connectivity index (χ0v) is 18.2. The first-order chi connectivity index (χ1) is 16.5. The number of nitrogens with one attached hydrogen (secondary N) is 1. The lowest BCUT2D eigenvalue weighted by Gasteiger charge is -2.35. The van der Waals surface area contributed by atoms with E-state index in [-0.39, 0.29) is 23.6 Å². The average molecular weight is 458 g/mol. The van der Waals surface area contributed by atoms with Crippen molar-refractivity contribution in [3.63, 3.8) is 0 Å². The number of allylic oxidation sites excluding steroid dienone is 1. The first-order valence-corrected chi connectivity index (χ1v) is 10.7. The van der Waals surface area contributed by atoms with Gasteiger partial charge in [0.15, 0.2) is 0 Å². The number of halogens is 2. The topological polar surface area (TPSA) is 71.3 Å². The van der Waals surface area contributed by atoms with Crippen LogP contribution in [-0.4, -0.2) is 21.1 Å². The summed E-state index contributed by atoms with van der Waals surface area (Å²) >= 11 is 0. The van der Waals surface area contributed by atoms with Crippen LogP contribution in [0.3, 0.4) is 0 Å². The van der Waals surface area contributed by atoms with Gasteiger partial charge in [0.05, 0.1) is 18.2 Å². The first kappa shape index (κ1) is 21.5. The van der Waals surface area contributed by atoms with Gasteiger partial charge >= 0.3 is 6.03 Å². The van der Waals surface area contributed by atoms with Gasteiger partial charge in [0.1, 0.15) is 11.6 Å². The van der Waals surface area contributed by atoms with Gasteiger partial charge in [-0.1, -0.05) is 47.6 Å². The highest BCUT2D eigenvalue weighted by Crippen LogP contribution is 2.38. The van der Waals surface area contributed by atoms with Crippen LogP contribution in [0.5, 0.6) is 0 Å². The van der Waals surface area contributed by atoms with Gasteiger partial charge in [-0.15, -0.1) is 0 Å². The van der Waals surface area contributed by atoms with Gasteiger partial charge in [-0.3, -0.25) is 4.90 Å². The summed E-state index contributed by atoms with van der Waals surface area (Å²) in [6.45, 7) is 2.13. The Bertz CT molecular complexity index is 1370. The predicted octanol–water partition coefficient (Wildman–Crippen LogP) is 5.71. The molecule has 2 heterocycles. The van der Waals surface area contributed by atoms with E-state index in [0.29, 0.717) is 28.9 Å². The van der Waals surface area contributed by atoms with Gasteiger partial charge < -0.3 is 9.84 Å². The number of rotatable bonds is 5. The summed E-state index contributed by atoms with van der Waals surface area (Å²) in [6.07, 6.45) is 0. The van der Waals surface area contributed by atoms with Crippen molar-refractivity contribution < 1.29 is 18.1 Å². The minimum Gasteiger partial charge on any atom is -0.334 e. The molecule has 0 radical (unpaired) electrons. The molecule has 0 spiro atoms. The smallest absolute Gasteiger partial charge is 0.322 e. The third-order valence-electron chi connectivity index (χ3n) is 5.72. The monoisotopic (exact) mass is 458 g/mol. The zero-order valence-electron chi connectivity index (χ0n) is 18.2. The zero-order chi connectivity index (χ0) is 23.7. The van der Waals surface area contributed by atoms with Gasteiger partial charge in [-0.05, 0) is 54.4 Å². The fraction of sp³-hybridized carbons (Fsp3) is 0.115. The quantitative estimate of drug-likeness (QED) is 0.416. The summed E-state index contributed by atoms with van der Waals surface area (Å²) in [5, 5.41) is 7.00. The molecule has 1 N–H and O–H groups in total. The van der Waals surface area contributed by atoms with Crippen molar-refractivity contribution in [3.05, 3.63) is 113 Å². The number of urea groups is 1. The van der Waals surface area contributed by atoms with Crippen LogP contribution in [0.2, 0.25) is 0 Å². The van der Waals surface area contributed by atoms with E-state index >= 15 is 0 Å². The number of hydrogen-bond acceptors (Lipinski definition) is 4. The fourth-order valence-corrected chi connectivity index (χ4v) is 4.00. The highest BCUT2D eigenvalue weighted by Gasteiger charge is 2.36. The summed E-state index contributed by atoms with van der Waals surface area (Å²) in [5.74, 6) is -0.333. The minimum absolute atomic E-state index is 0.184. The molecule has 0 saturated carbocycles. The second-order valence-electron chi connectivity index (χ2n) is 7.94. The first-order valence-electron chi connectivity index (χ1n) is 10.7. The normalized spacial score (nSPS) is 16.0. The van der Waals surface area contributed by atoms with E-state index in [2.05, 4.69) is 15.5 Å². The van der Waals surface area contributed by atoms with Crippen LogP contribution in [0.15, 0.2) is 89.1 Å². The minimum atomic E-state index is -0.697. The number of carbonyl (C=O) groups is 1. The molecule has 1 aromatic heterocycles. The SMILES string of the molecule is CC1=C(c2nc(-c3ccc(F)cc3)no2)C(c2cccc(F)c2)NC(=O)N1Cc1ccccc1. The lowest BCUT2D eigenvalue weighted by atomic mass is 9.94. The molecule has 0 bridgehead atoms. The number of aromatic nitrogens is 2. The van der Waals surface area contributed by atoms with Crippen LogP contribution in [0.4, 0.5) is 13.6 Å². The summed E-state index contributed by atoms with van der Waals surface area (Å²) in [5.41, 5.74) is 3.23. The van der Waals surface area contributed by atoms with E-state index in [0.717, 1.165) is 5.56 Å². The summed E-state index contributed by atoms with van der Waals surface area (Å²) < 4.78 is 33.0. The van der Waals surface area contributed by atoms with Crippen molar-refractivity contribution in [2.24, 2.45) is 0 Å². The Morgan fingerprint density at radius 3 is 2.47 bits per heavy atom. The van der Waals surface area contributed by atoms with E-state index in [1.54, 1.807) is 36.1 Å². The molecule has 1 aliphatic heterocycles. The molecular formula is C26H20F2N4O2. The van der Waals surface area contributed by atoms with Crippen LogP contribution in [0, 0.1) is 11.6 Å². The number of hydrogen-bond donors (Lipinski definition) is 1. The number of benzene rings is 3. The summed E-state index contributed by atoms with van der Waals surface area (Å²) in [4.78, 5) is 19.2. The largest absolute Gasteiger partial charge is 0.334 e. The van der Waals surface area contributed by atoms with Crippen molar-refractivity contribution in [1.29, 1.82) is 0 Å². The molecule has 1 aliphatic rings. The van der Waals surface area contributed by atoms with Gasteiger partial charge in [0.25, 0.3) is 5.89 Å². The van der Waals surface area contributed by atoms with Crippen molar-refractivity contribution in [1.82, 2.24) is 20.4 Å². The fourth-order valence-electron chi connectivity index (χ4n) is 4.00.